The fourth-order valence-electron chi connectivity index (χ4n) is 5.27. The maximum absolute atomic E-state index is 9.19. The monoisotopic (exact) mass is 530 g/mol. The molecule has 2 saturated heterocycles. The van der Waals surface area contributed by atoms with Crippen LogP contribution in [0.15, 0.2) is 47.1 Å². The first-order valence-electron chi connectivity index (χ1n) is 13.6. The Bertz CT molecular complexity index is 1370. The highest BCUT2D eigenvalue weighted by Crippen LogP contribution is 2.37. The summed E-state index contributed by atoms with van der Waals surface area (Å²) in [5, 5.41) is 24.2. The molecule has 12 nitrogen and oxygen atoms in total. The van der Waals surface area contributed by atoms with Crippen molar-refractivity contribution in [2.75, 3.05) is 61.0 Å². The van der Waals surface area contributed by atoms with E-state index in [9.17, 15) is 5.11 Å². The van der Waals surface area contributed by atoms with E-state index in [-0.39, 0.29) is 12.6 Å². The Labute approximate surface area is 227 Å². The van der Waals surface area contributed by atoms with Crippen LogP contribution in [-0.2, 0) is 0 Å². The third kappa shape index (κ3) is 5.71. The molecule has 0 saturated carbocycles. The number of aliphatic hydroxyl groups is 1. The molecule has 6 heterocycles. The summed E-state index contributed by atoms with van der Waals surface area (Å²) in [6.07, 6.45) is 4.49. The summed E-state index contributed by atoms with van der Waals surface area (Å²) in [6, 6.07) is 11.7. The first kappa shape index (κ1) is 25.3. The molecule has 1 unspecified atom stereocenters. The Kier molecular flexibility index (Phi) is 7.37. The zero-order valence-electron chi connectivity index (χ0n) is 22.1. The van der Waals surface area contributed by atoms with Gasteiger partial charge in [-0.05, 0) is 38.3 Å². The second kappa shape index (κ2) is 11.4. The Morgan fingerprint density at radius 3 is 2.72 bits per heavy atom. The fraction of sp³-hybridized carbons (Fsp3) is 0.444. The molecule has 4 aromatic rings. The molecule has 0 bridgehead atoms. The minimum Gasteiger partial charge on any atom is -0.396 e. The van der Waals surface area contributed by atoms with Crippen molar-refractivity contribution in [2.45, 2.75) is 32.2 Å². The number of pyridine rings is 1. The van der Waals surface area contributed by atoms with Crippen LogP contribution in [-0.4, -0.2) is 86.2 Å². The molecule has 3 N–H and O–H groups in total. The van der Waals surface area contributed by atoms with Crippen LogP contribution in [0, 0.1) is 6.92 Å². The number of aliphatic hydroxyl groups excluding tert-OH is 1. The molecule has 204 valence electrons. The van der Waals surface area contributed by atoms with Crippen LogP contribution in [0.4, 0.5) is 23.4 Å². The summed E-state index contributed by atoms with van der Waals surface area (Å²) in [5.41, 5.74) is 2.48. The molecular weight excluding hydrogens is 496 g/mol. The molecule has 1 atom stereocenters. The van der Waals surface area contributed by atoms with Crippen molar-refractivity contribution in [3.63, 3.8) is 0 Å². The smallest absolute Gasteiger partial charge is 0.229 e. The second-order valence-electron chi connectivity index (χ2n) is 10.1. The van der Waals surface area contributed by atoms with Crippen LogP contribution in [0.25, 0.3) is 11.4 Å². The van der Waals surface area contributed by atoms with E-state index in [1.54, 1.807) is 6.20 Å². The van der Waals surface area contributed by atoms with E-state index in [2.05, 4.69) is 40.4 Å². The third-order valence-electron chi connectivity index (χ3n) is 7.29. The second-order valence-corrected chi connectivity index (χ2v) is 10.1. The van der Waals surface area contributed by atoms with Crippen LogP contribution in [0.1, 0.15) is 36.8 Å². The lowest BCUT2D eigenvalue weighted by atomic mass is 10.1. The standard InChI is InChI=1S/C27H34N10O2/c1-19-16-25(33-32-19)29-24-18-26(36-13-11-35(12-14-36)9-5-15-38)31-27(30-24)37-10-4-7-22(37)23-17-21(34-39-23)20-6-2-3-8-28-20/h2-3,6,8,16-18,22,38H,4-5,7,9-15H2,1H3,(H2,29,30,31,32,33). The Balaban J connectivity index is 1.27. The summed E-state index contributed by atoms with van der Waals surface area (Å²) in [4.78, 5) is 21.3. The topological polar surface area (TPSA) is 135 Å². The molecular formula is C27H34N10O2. The summed E-state index contributed by atoms with van der Waals surface area (Å²) in [7, 11) is 0. The lowest BCUT2D eigenvalue weighted by Gasteiger charge is -2.36. The summed E-state index contributed by atoms with van der Waals surface area (Å²) in [5.74, 6) is 3.74. The quantitative estimate of drug-likeness (QED) is 0.294. The Hall–Kier alpha value is -4.03. The van der Waals surface area contributed by atoms with Crippen LogP contribution < -0.4 is 15.1 Å². The first-order chi connectivity index (χ1) is 19.2. The highest BCUT2D eigenvalue weighted by Gasteiger charge is 2.32. The van der Waals surface area contributed by atoms with E-state index in [0.29, 0.717) is 17.6 Å². The van der Waals surface area contributed by atoms with Crippen molar-refractivity contribution in [2.24, 2.45) is 0 Å². The van der Waals surface area contributed by atoms with Gasteiger partial charge in [0.2, 0.25) is 5.95 Å². The molecule has 0 aromatic carbocycles. The predicted octanol–water partition coefficient (Wildman–Crippen LogP) is 3.15. The number of nitrogens with zero attached hydrogens (tertiary/aromatic N) is 8. The van der Waals surface area contributed by atoms with Gasteiger partial charge in [0, 0.05) is 76.0 Å². The number of nitrogens with one attached hydrogen (secondary N) is 2. The molecule has 4 aromatic heterocycles. The zero-order valence-corrected chi connectivity index (χ0v) is 22.1. The Morgan fingerprint density at radius 1 is 1.05 bits per heavy atom. The lowest BCUT2D eigenvalue weighted by Crippen LogP contribution is -2.47. The van der Waals surface area contributed by atoms with Gasteiger partial charge in [0.25, 0.3) is 0 Å². The summed E-state index contributed by atoms with van der Waals surface area (Å²) >= 11 is 0. The van der Waals surface area contributed by atoms with E-state index in [1.807, 2.05) is 43.3 Å². The van der Waals surface area contributed by atoms with Gasteiger partial charge in [-0.3, -0.25) is 15.0 Å². The highest BCUT2D eigenvalue weighted by molar-refractivity contribution is 5.61. The third-order valence-corrected chi connectivity index (χ3v) is 7.29. The Morgan fingerprint density at radius 2 is 1.95 bits per heavy atom. The molecule has 12 heteroatoms. The minimum absolute atomic E-state index is 0.0129. The van der Waals surface area contributed by atoms with Gasteiger partial charge in [-0.2, -0.15) is 15.1 Å². The largest absolute Gasteiger partial charge is 0.396 e. The molecule has 2 fully saturated rings. The maximum Gasteiger partial charge on any atom is 0.229 e. The zero-order chi connectivity index (χ0) is 26.6. The van der Waals surface area contributed by atoms with Crippen LogP contribution in [0.5, 0.6) is 0 Å². The average molecular weight is 531 g/mol. The van der Waals surface area contributed by atoms with Crippen molar-refractivity contribution in [1.82, 2.24) is 35.2 Å². The number of aromatic nitrogens is 6. The lowest BCUT2D eigenvalue weighted by molar-refractivity contribution is 0.215. The molecule has 0 aliphatic carbocycles. The molecule has 0 amide bonds. The molecule has 0 spiro atoms. The van der Waals surface area contributed by atoms with Gasteiger partial charge < -0.3 is 24.7 Å². The van der Waals surface area contributed by atoms with Crippen molar-refractivity contribution in [3.8, 4) is 11.4 Å². The number of hydrogen-bond acceptors (Lipinski definition) is 11. The predicted molar refractivity (Wildman–Crippen MR) is 148 cm³/mol. The molecule has 39 heavy (non-hydrogen) atoms. The maximum atomic E-state index is 9.19. The van der Waals surface area contributed by atoms with Crippen LogP contribution >= 0.6 is 0 Å². The molecule has 6 rings (SSSR count). The number of piperazine rings is 1. The normalized spacial score (nSPS) is 18.2. The molecule has 2 aliphatic rings. The van der Waals surface area contributed by atoms with Gasteiger partial charge in [-0.25, -0.2) is 0 Å². The van der Waals surface area contributed by atoms with Gasteiger partial charge in [0.1, 0.15) is 17.3 Å². The molecule has 0 radical (unpaired) electrons. The number of rotatable bonds is 9. The number of anilines is 4. The number of hydrogen-bond donors (Lipinski definition) is 3. The van der Waals surface area contributed by atoms with Crippen LogP contribution in [0.2, 0.25) is 0 Å². The van der Waals surface area contributed by atoms with Gasteiger partial charge in [0.05, 0.1) is 11.7 Å². The van der Waals surface area contributed by atoms with E-state index in [1.165, 1.54) is 0 Å². The van der Waals surface area contributed by atoms with E-state index in [0.717, 1.165) is 87.2 Å². The average Bonchev–Trinajstić information content (AvgIpc) is 3.74. The van der Waals surface area contributed by atoms with Gasteiger partial charge in [-0.1, -0.05) is 11.2 Å². The van der Waals surface area contributed by atoms with Crippen molar-refractivity contribution >= 4 is 23.4 Å². The van der Waals surface area contributed by atoms with E-state index in [4.69, 9.17) is 14.5 Å². The minimum atomic E-state index is -0.0129. The van der Waals surface area contributed by atoms with Crippen molar-refractivity contribution in [3.05, 3.63) is 54.0 Å². The number of H-pyrrole nitrogens is 1. The number of aromatic amines is 1. The van der Waals surface area contributed by atoms with Gasteiger partial charge >= 0.3 is 0 Å². The fourth-order valence-corrected chi connectivity index (χ4v) is 5.27. The van der Waals surface area contributed by atoms with E-state index < -0.39 is 0 Å². The molecule has 2 aliphatic heterocycles. The highest BCUT2D eigenvalue weighted by atomic mass is 16.5. The SMILES string of the molecule is Cc1cc(Nc2cc(N3CCN(CCCO)CC3)nc(N3CCCC3c3cc(-c4ccccn4)no3)n2)n[nH]1. The van der Waals surface area contributed by atoms with Crippen molar-refractivity contribution < 1.29 is 9.63 Å². The van der Waals surface area contributed by atoms with Crippen molar-refractivity contribution in [1.29, 1.82) is 0 Å². The van der Waals surface area contributed by atoms with E-state index >= 15 is 0 Å². The van der Waals surface area contributed by atoms with Gasteiger partial charge in [0.15, 0.2) is 11.6 Å². The summed E-state index contributed by atoms with van der Waals surface area (Å²) in [6.45, 7) is 7.52. The van der Waals surface area contributed by atoms with Crippen LogP contribution in [0.3, 0.4) is 0 Å². The van der Waals surface area contributed by atoms with Gasteiger partial charge in [-0.15, -0.1) is 0 Å². The summed E-state index contributed by atoms with van der Waals surface area (Å²) < 4.78 is 5.82. The number of aryl methyl sites for hydroxylation is 1. The first-order valence-corrected chi connectivity index (χ1v) is 13.6.